The average molecular weight is 363 g/mol. The first-order valence-electron chi connectivity index (χ1n) is 7.41. The predicted octanol–water partition coefficient (Wildman–Crippen LogP) is 1.81. The van der Waals surface area contributed by atoms with Crippen molar-refractivity contribution in [2.45, 2.75) is 19.3 Å². The molecular weight excluding hydrogens is 343 g/mol. The normalized spacial score (nSPS) is 18.9. The Morgan fingerprint density at radius 3 is 2.87 bits per heavy atom. The molecule has 0 aromatic heterocycles. The molecule has 1 heterocycles. The third-order valence-electron chi connectivity index (χ3n) is 3.90. The summed E-state index contributed by atoms with van der Waals surface area (Å²) < 4.78 is 38.6. The SMILES string of the molecule is CS(=O)(=O)NCC1CCCN(C(=O)Cc2c(F)cccc2Cl)C1. The fraction of sp³-hybridized carbons (Fsp3) is 0.533. The maximum Gasteiger partial charge on any atom is 0.227 e. The molecule has 1 aromatic rings. The van der Waals surface area contributed by atoms with Crippen LogP contribution in [0.4, 0.5) is 4.39 Å². The summed E-state index contributed by atoms with van der Waals surface area (Å²) in [5.41, 5.74) is 0.204. The van der Waals surface area contributed by atoms with E-state index in [1.54, 1.807) is 11.0 Å². The lowest BCUT2D eigenvalue weighted by atomic mass is 9.97. The number of hydrogen-bond acceptors (Lipinski definition) is 3. The predicted molar refractivity (Wildman–Crippen MR) is 87.3 cm³/mol. The van der Waals surface area contributed by atoms with Crippen LogP contribution in [0.5, 0.6) is 0 Å². The van der Waals surface area contributed by atoms with E-state index in [4.69, 9.17) is 11.6 Å². The van der Waals surface area contributed by atoms with E-state index in [-0.39, 0.29) is 28.8 Å². The average Bonchev–Trinajstić information content (AvgIpc) is 2.48. The van der Waals surface area contributed by atoms with Gasteiger partial charge in [0.05, 0.1) is 12.7 Å². The monoisotopic (exact) mass is 362 g/mol. The van der Waals surface area contributed by atoms with E-state index >= 15 is 0 Å². The molecule has 0 saturated carbocycles. The Morgan fingerprint density at radius 2 is 2.22 bits per heavy atom. The minimum atomic E-state index is -3.24. The number of carbonyl (C=O) groups is 1. The molecule has 23 heavy (non-hydrogen) atoms. The fourth-order valence-corrected chi connectivity index (χ4v) is 3.46. The van der Waals surface area contributed by atoms with E-state index < -0.39 is 15.8 Å². The van der Waals surface area contributed by atoms with Crippen molar-refractivity contribution < 1.29 is 17.6 Å². The molecule has 1 amide bonds. The summed E-state index contributed by atoms with van der Waals surface area (Å²) in [7, 11) is -3.24. The lowest BCUT2D eigenvalue weighted by Crippen LogP contribution is -2.44. The number of halogens is 2. The number of likely N-dealkylation sites (tertiary alicyclic amines) is 1. The number of carbonyl (C=O) groups excluding carboxylic acids is 1. The van der Waals surface area contributed by atoms with E-state index in [2.05, 4.69) is 4.72 Å². The van der Waals surface area contributed by atoms with Gasteiger partial charge in [-0.1, -0.05) is 17.7 Å². The molecule has 1 N–H and O–H groups in total. The number of nitrogens with zero attached hydrogens (tertiary/aromatic N) is 1. The van der Waals surface area contributed by atoms with Gasteiger partial charge in [0, 0.05) is 30.2 Å². The van der Waals surface area contributed by atoms with Crippen molar-refractivity contribution in [3.8, 4) is 0 Å². The Hall–Kier alpha value is -1.18. The van der Waals surface area contributed by atoms with Crippen LogP contribution in [0.2, 0.25) is 5.02 Å². The number of sulfonamides is 1. The largest absolute Gasteiger partial charge is 0.342 e. The number of rotatable bonds is 5. The molecule has 0 aliphatic carbocycles. The van der Waals surface area contributed by atoms with E-state index in [1.807, 2.05) is 0 Å². The molecule has 1 aromatic carbocycles. The summed E-state index contributed by atoms with van der Waals surface area (Å²) in [6.45, 7) is 1.37. The Balaban J connectivity index is 1.97. The van der Waals surface area contributed by atoms with Gasteiger partial charge in [-0.3, -0.25) is 4.79 Å². The first-order chi connectivity index (χ1) is 10.8. The highest BCUT2D eigenvalue weighted by molar-refractivity contribution is 7.88. The smallest absolute Gasteiger partial charge is 0.227 e. The minimum Gasteiger partial charge on any atom is -0.342 e. The molecule has 1 fully saturated rings. The lowest BCUT2D eigenvalue weighted by Gasteiger charge is -2.33. The standard InChI is InChI=1S/C15H20ClFN2O3S/c1-23(21,22)18-9-11-4-3-7-19(10-11)15(20)8-12-13(16)5-2-6-14(12)17/h2,5-6,11,18H,3-4,7-10H2,1H3. The van der Waals surface area contributed by atoms with E-state index in [0.717, 1.165) is 19.1 Å². The minimum absolute atomic E-state index is 0.0681. The van der Waals surface area contributed by atoms with Gasteiger partial charge >= 0.3 is 0 Å². The topological polar surface area (TPSA) is 66.5 Å². The third kappa shape index (κ3) is 5.44. The highest BCUT2D eigenvalue weighted by atomic mass is 35.5. The van der Waals surface area contributed by atoms with Crippen molar-refractivity contribution in [1.82, 2.24) is 9.62 Å². The van der Waals surface area contributed by atoms with Crippen LogP contribution in [-0.4, -0.2) is 45.1 Å². The molecule has 128 valence electrons. The third-order valence-corrected chi connectivity index (χ3v) is 4.94. The van der Waals surface area contributed by atoms with Gasteiger partial charge < -0.3 is 4.90 Å². The van der Waals surface area contributed by atoms with Crippen molar-refractivity contribution in [2.75, 3.05) is 25.9 Å². The second kappa shape index (κ2) is 7.59. The first kappa shape index (κ1) is 18.2. The Kier molecular flexibility index (Phi) is 6.00. The van der Waals surface area contributed by atoms with E-state index in [9.17, 15) is 17.6 Å². The van der Waals surface area contributed by atoms with Gasteiger partial charge in [0.25, 0.3) is 0 Å². The van der Waals surface area contributed by atoms with Crippen LogP contribution in [-0.2, 0) is 21.2 Å². The molecule has 8 heteroatoms. The highest BCUT2D eigenvalue weighted by Crippen LogP contribution is 2.22. The lowest BCUT2D eigenvalue weighted by molar-refractivity contribution is -0.132. The van der Waals surface area contributed by atoms with Crippen molar-refractivity contribution in [3.05, 3.63) is 34.6 Å². The first-order valence-corrected chi connectivity index (χ1v) is 9.68. The molecule has 0 spiro atoms. The molecule has 1 atom stereocenters. The van der Waals surface area contributed by atoms with Gasteiger partial charge in [-0.15, -0.1) is 0 Å². The number of amides is 1. The Bertz CT molecular complexity index is 661. The van der Waals surface area contributed by atoms with Crippen LogP contribution in [0, 0.1) is 11.7 Å². The summed E-state index contributed by atoms with van der Waals surface area (Å²) in [4.78, 5) is 14.0. The van der Waals surface area contributed by atoms with Crippen molar-refractivity contribution >= 4 is 27.5 Å². The molecule has 2 rings (SSSR count). The van der Waals surface area contributed by atoms with Crippen LogP contribution in [0.1, 0.15) is 18.4 Å². The maximum absolute atomic E-state index is 13.8. The van der Waals surface area contributed by atoms with Gasteiger partial charge in [-0.05, 0) is 30.9 Å². The van der Waals surface area contributed by atoms with Crippen LogP contribution in [0.15, 0.2) is 18.2 Å². The highest BCUT2D eigenvalue weighted by Gasteiger charge is 2.25. The Morgan fingerprint density at radius 1 is 1.48 bits per heavy atom. The zero-order valence-electron chi connectivity index (χ0n) is 12.9. The molecular formula is C15H20ClFN2O3S. The molecule has 5 nitrogen and oxygen atoms in total. The second-order valence-corrected chi connectivity index (χ2v) is 8.09. The number of nitrogens with one attached hydrogen (secondary N) is 1. The van der Waals surface area contributed by atoms with Gasteiger partial charge in [0.1, 0.15) is 5.82 Å². The van der Waals surface area contributed by atoms with Gasteiger partial charge in [-0.2, -0.15) is 0 Å². The van der Waals surface area contributed by atoms with Crippen LogP contribution >= 0.6 is 11.6 Å². The van der Waals surface area contributed by atoms with Gasteiger partial charge in [0.2, 0.25) is 15.9 Å². The zero-order chi connectivity index (χ0) is 17.0. The molecule has 1 unspecified atom stereocenters. The van der Waals surface area contributed by atoms with Crippen molar-refractivity contribution in [1.29, 1.82) is 0 Å². The second-order valence-electron chi connectivity index (χ2n) is 5.85. The van der Waals surface area contributed by atoms with Crippen LogP contribution < -0.4 is 4.72 Å². The van der Waals surface area contributed by atoms with Gasteiger partial charge in [-0.25, -0.2) is 17.5 Å². The summed E-state index contributed by atoms with van der Waals surface area (Å²) >= 11 is 5.95. The van der Waals surface area contributed by atoms with Crippen LogP contribution in [0.3, 0.4) is 0 Å². The number of hydrogen-bond donors (Lipinski definition) is 1. The van der Waals surface area contributed by atoms with E-state index in [0.29, 0.717) is 19.6 Å². The Labute approximate surface area is 140 Å². The van der Waals surface area contributed by atoms with Crippen molar-refractivity contribution in [3.63, 3.8) is 0 Å². The summed E-state index contributed by atoms with van der Waals surface area (Å²) in [5, 5.41) is 0.241. The number of benzene rings is 1. The van der Waals surface area contributed by atoms with Crippen molar-refractivity contribution in [2.24, 2.45) is 5.92 Å². The summed E-state index contributed by atoms with van der Waals surface area (Å²) in [6, 6.07) is 4.34. The molecule has 0 radical (unpaired) electrons. The zero-order valence-corrected chi connectivity index (χ0v) is 14.5. The summed E-state index contributed by atoms with van der Waals surface area (Å²) in [5.74, 6) is -0.613. The molecule has 1 aliphatic rings. The number of piperidine rings is 1. The molecule has 1 saturated heterocycles. The molecule has 0 bridgehead atoms. The van der Waals surface area contributed by atoms with E-state index in [1.165, 1.54) is 12.1 Å². The summed E-state index contributed by atoms with van der Waals surface area (Å²) in [6.07, 6.45) is 2.68. The quantitative estimate of drug-likeness (QED) is 0.868. The fourth-order valence-electron chi connectivity index (χ4n) is 2.69. The van der Waals surface area contributed by atoms with Crippen LogP contribution in [0.25, 0.3) is 0 Å². The maximum atomic E-state index is 13.8. The van der Waals surface area contributed by atoms with Gasteiger partial charge in [0.15, 0.2) is 0 Å². The molecule has 1 aliphatic heterocycles.